The number of hydrogen-bond donors (Lipinski definition) is 1. The van der Waals surface area contributed by atoms with Crippen molar-refractivity contribution in [3.05, 3.63) is 65.7 Å². The van der Waals surface area contributed by atoms with Gasteiger partial charge >= 0.3 is 5.97 Å². The van der Waals surface area contributed by atoms with Gasteiger partial charge in [-0.1, -0.05) is 42.5 Å². The average Bonchev–Trinajstić information content (AvgIpc) is 3.29. The van der Waals surface area contributed by atoms with E-state index < -0.39 is 18.0 Å². The Hall–Kier alpha value is -3.99. The number of anilines is 1. The van der Waals surface area contributed by atoms with Crippen molar-refractivity contribution in [2.75, 3.05) is 11.9 Å². The molecule has 0 aliphatic carbocycles. The van der Waals surface area contributed by atoms with Crippen LogP contribution in [0.3, 0.4) is 0 Å². The lowest BCUT2D eigenvalue weighted by Crippen LogP contribution is -2.31. The van der Waals surface area contributed by atoms with E-state index in [9.17, 15) is 14.4 Å². The molecule has 1 atom stereocenters. The molecule has 0 fully saturated rings. The first kappa shape index (κ1) is 21.7. The molecule has 8 nitrogen and oxygen atoms in total. The average molecular weight is 418 g/mol. The SMILES string of the molecule is C[C@@H](OC(=O)CCC(=O)N1CCC(c2ccccc2)=N1)C(=O)Nc1ccccc1C#N. The zero-order valence-electron chi connectivity index (χ0n) is 17.1. The van der Waals surface area contributed by atoms with E-state index in [-0.39, 0.29) is 18.7 Å². The van der Waals surface area contributed by atoms with Crippen molar-refractivity contribution in [2.45, 2.75) is 32.3 Å². The van der Waals surface area contributed by atoms with Crippen molar-refractivity contribution in [3.8, 4) is 6.07 Å². The first-order valence-electron chi connectivity index (χ1n) is 9.90. The van der Waals surface area contributed by atoms with Crippen LogP contribution >= 0.6 is 0 Å². The van der Waals surface area contributed by atoms with Crippen molar-refractivity contribution in [1.82, 2.24) is 5.01 Å². The van der Waals surface area contributed by atoms with E-state index in [2.05, 4.69) is 10.4 Å². The lowest BCUT2D eigenvalue weighted by Gasteiger charge is -2.15. The third kappa shape index (κ3) is 5.76. The number of amides is 2. The van der Waals surface area contributed by atoms with Gasteiger partial charge in [-0.15, -0.1) is 0 Å². The fourth-order valence-corrected chi connectivity index (χ4v) is 3.04. The number of nitriles is 1. The number of carbonyl (C=O) groups excluding carboxylic acids is 3. The standard InChI is InChI=1S/C23H22N4O4/c1-16(23(30)25-19-10-6-5-9-18(19)15-24)31-22(29)12-11-21(28)27-14-13-20(26-27)17-7-3-2-4-8-17/h2-10,16H,11-14H2,1H3,(H,25,30)/t16-/m1/s1. The van der Waals surface area contributed by atoms with E-state index in [0.29, 0.717) is 24.2 Å². The van der Waals surface area contributed by atoms with Crippen LogP contribution in [0.5, 0.6) is 0 Å². The molecule has 1 heterocycles. The molecule has 0 spiro atoms. The number of carbonyl (C=O) groups is 3. The molecule has 2 aromatic carbocycles. The summed E-state index contributed by atoms with van der Waals surface area (Å²) in [5.41, 5.74) is 2.45. The highest BCUT2D eigenvalue weighted by Crippen LogP contribution is 2.16. The Labute approximate surface area is 180 Å². The maximum Gasteiger partial charge on any atom is 0.307 e. The Morgan fingerprint density at radius 3 is 2.58 bits per heavy atom. The number of benzene rings is 2. The topological polar surface area (TPSA) is 112 Å². The second-order valence-corrected chi connectivity index (χ2v) is 6.96. The summed E-state index contributed by atoms with van der Waals surface area (Å²) in [4.78, 5) is 36.7. The number of para-hydroxylation sites is 1. The quantitative estimate of drug-likeness (QED) is 0.695. The van der Waals surface area contributed by atoms with Crippen molar-refractivity contribution < 1.29 is 19.1 Å². The smallest absolute Gasteiger partial charge is 0.307 e. The first-order valence-corrected chi connectivity index (χ1v) is 9.90. The van der Waals surface area contributed by atoms with Crippen LogP contribution in [0.2, 0.25) is 0 Å². The Morgan fingerprint density at radius 1 is 1.13 bits per heavy atom. The second kappa shape index (κ2) is 10.2. The van der Waals surface area contributed by atoms with Gasteiger partial charge in [0.15, 0.2) is 6.10 Å². The third-order valence-electron chi connectivity index (χ3n) is 4.72. The van der Waals surface area contributed by atoms with Crippen LogP contribution in [-0.2, 0) is 19.1 Å². The fraction of sp³-hybridized carbons (Fsp3) is 0.261. The molecule has 3 rings (SSSR count). The summed E-state index contributed by atoms with van der Waals surface area (Å²) in [6.45, 7) is 1.90. The van der Waals surface area contributed by atoms with E-state index in [0.717, 1.165) is 11.3 Å². The molecule has 1 aliphatic heterocycles. The Balaban J connectivity index is 1.46. The van der Waals surface area contributed by atoms with Gasteiger partial charge in [-0.05, 0) is 24.6 Å². The number of hydrazone groups is 1. The van der Waals surface area contributed by atoms with Crippen LogP contribution in [0, 0.1) is 11.3 Å². The minimum absolute atomic E-state index is 0.0595. The summed E-state index contributed by atoms with van der Waals surface area (Å²) >= 11 is 0. The molecule has 0 unspecified atom stereocenters. The molecule has 0 bridgehead atoms. The largest absolute Gasteiger partial charge is 0.453 e. The number of rotatable bonds is 7. The lowest BCUT2D eigenvalue weighted by molar-refractivity contribution is -0.154. The summed E-state index contributed by atoms with van der Waals surface area (Å²) in [6, 6.07) is 18.1. The Morgan fingerprint density at radius 2 is 1.84 bits per heavy atom. The molecular weight excluding hydrogens is 396 g/mol. The highest BCUT2D eigenvalue weighted by atomic mass is 16.5. The van der Waals surface area contributed by atoms with E-state index in [1.165, 1.54) is 11.9 Å². The van der Waals surface area contributed by atoms with Crippen LogP contribution < -0.4 is 5.32 Å². The van der Waals surface area contributed by atoms with Crippen LogP contribution in [-0.4, -0.2) is 41.2 Å². The monoisotopic (exact) mass is 418 g/mol. The number of esters is 1. The predicted octanol–water partition coefficient (Wildman–Crippen LogP) is 2.85. The van der Waals surface area contributed by atoms with Crippen molar-refractivity contribution >= 4 is 29.2 Å². The lowest BCUT2D eigenvalue weighted by atomic mass is 10.1. The summed E-state index contributed by atoms with van der Waals surface area (Å²) < 4.78 is 5.12. The van der Waals surface area contributed by atoms with Crippen molar-refractivity contribution in [2.24, 2.45) is 5.10 Å². The van der Waals surface area contributed by atoms with Crippen molar-refractivity contribution in [1.29, 1.82) is 5.26 Å². The van der Waals surface area contributed by atoms with E-state index in [1.54, 1.807) is 24.3 Å². The Kier molecular flexibility index (Phi) is 7.12. The maximum atomic E-state index is 12.4. The summed E-state index contributed by atoms with van der Waals surface area (Å²) in [5, 5.41) is 17.4. The molecule has 0 saturated carbocycles. The van der Waals surface area contributed by atoms with Gasteiger partial charge in [0.25, 0.3) is 5.91 Å². The highest BCUT2D eigenvalue weighted by Gasteiger charge is 2.24. The van der Waals surface area contributed by atoms with Crippen LogP contribution in [0.1, 0.15) is 37.3 Å². The minimum Gasteiger partial charge on any atom is -0.453 e. The number of ether oxygens (including phenoxy) is 1. The molecule has 8 heteroatoms. The minimum atomic E-state index is -1.07. The van der Waals surface area contributed by atoms with Crippen LogP contribution in [0.25, 0.3) is 0 Å². The predicted molar refractivity (Wildman–Crippen MR) is 114 cm³/mol. The van der Waals surface area contributed by atoms with E-state index in [1.807, 2.05) is 36.4 Å². The van der Waals surface area contributed by atoms with Crippen LogP contribution in [0.15, 0.2) is 59.7 Å². The highest BCUT2D eigenvalue weighted by molar-refractivity contribution is 6.02. The number of hydrogen-bond acceptors (Lipinski definition) is 6. The van der Waals surface area contributed by atoms with E-state index >= 15 is 0 Å². The molecule has 1 aliphatic rings. The third-order valence-corrected chi connectivity index (χ3v) is 4.72. The van der Waals surface area contributed by atoms with Gasteiger partial charge in [0.05, 0.1) is 29.9 Å². The van der Waals surface area contributed by atoms with Crippen LogP contribution in [0.4, 0.5) is 5.69 Å². The molecule has 158 valence electrons. The zero-order chi connectivity index (χ0) is 22.2. The van der Waals surface area contributed by atoms with Crippen molar-refractivity contribution in [3.63, 3.8) is 0 Å². The van der Waals surface area contributed by atoms with Gasteiger partial charge < -0.3 is 10.1 Å². The maximum absolute atomic E-state index is 12.4. The second-order valence-electron chi connectivity index (χ2n) is 6.96. The van der Waals surface area contributed by atoms with Gasteiger partial charge in [0.2, 0.25) is 5.91 Å². The molecule has 31 heavy (non-hydrogen) atoms. The Bertz CT molecular complexity index is 1040. The van der Waals surface area contributed by atoms with Gasteiger partial charge in [0, 0.05) is 12.8 Å². The number of nitrogens with zero attached hydrogens (tertiary/aromatic N) is 3. The van der Waals surface area contributed by atoms with Gasteiger partial charge in [-0.2, -0.15) is 10.4 Å². The zero-order valence-corrected chi connectivity index (χ0v) is 17.1. The van der Waals surface area contributed by atoms with Gasteiger partial charge in [-0.25, -0.2) is 5.01 Å². The summed E-state index contributed by atoms with van der Waals surface area (Å²) in [7, 11) is 0. The normalized spacial score (nSPS) is 13.7. The van der Waals surface area contributed by atoms with Gasteiger partial charge in [0.1, 0.15) is 6.07 Å². The molecule has 0 saturated heterocycles. The van der Waals surface area contributed by atoms with Gasteiger partial charge in [-0.3, -0.25) is 14.4 Å². The van der Waals surface area contributed by atoms with E-state index in [4.69, 9.17) is 10.00 Å². The first-order chi connectivity index (χ1) is 15.0. The molecule has 2 aromatic rings. The molecule has 1 N–H and O–H groups in total. The summed E-state index contributed by atoms with van der Waals surface area (Å²) in [5.74, 6) is -1.49. The molecule has 0 radical (unpaired) electrons. The summed E-state index contributed by atoms with van der Waals surface area (Å²) in [6.07, 6.45) is -0.626. The fourth-order valence-electron chi connectivity index (χ4n) is 3.04. The molecule has 2 amide bonds. The molecular formula is C23H22N4O4. The molecule has 0 aromatic heterocycles. The number of nitrogens with one attached hydrogen (secondary N) is 1.